The molecule has 1 aromatic rings. The van der Waals surface area contributed by atoms with Crippen LogP contribution in [0.2, 0.25) is 0 Å². The lowest BCUT2D eigenvalue weighted by atomic mass is 9.69. The van der Waals surface area contributed by atoms with Crippen molar-refractivity contribution in [1.29, 1.82) is 0 Å². The number of carboxylic acid groups (broad SMARTS) is 1. The molecule has 1 amide bonds. The fraction of sp³-hybridized carbons (Fsp3) is 0.500. The van der Waals surface area contributed by atoms with Crippen molar-refractivity contribution in [2.24, 2.45) is 5.41 Å². The average Bonchev–Trinajstić information content (AvgIpc) is 2.45. The number of carbonyl (C=O) groups excluding carboxylic acids is 1. The molecule has 112 valence electrons. The van der Waals surface area contributed by atoms with Gasteiger partial charge in [0.25, 0.3) is 0 Å². The quantitative estimate of drug-likeness (QED) is 0.774. The van der Waals surface area contributed by atoms with E-state index in [0.717, 1.165) is 6.42 Å². The molecule has 1 aliphatic carbocycles. The lowest BCUT2D eigenvalue weighted by molar-refractivity contribution is -0.154. The lowest BCUT2D eigenvalue weighted by Gasteiger charge is -2.38. The Hall–Kier alpha value is -1.88. The fourth-order valence-corrected chi connectivity index (χ4v) is 3.09. The highest BCUT2D eigenvalue weighted by Crippen LogP contribution is 2.40. The number of rotatable bonds is 4. The minimum atomic E-state index is -0.795. The SMILES string of the molecule is O=C(NCC1(C(=O)O)CCC1)C1Cc2ccccc2CN1. The molecule has 0 bridgehead atoms. The van der Waals surface area contributed by atoms with Crippen LogP contribution in [-0.2, 0) is 22.6 Å². The van der Waals surface area contributed by atoms with Gasteiger partial charge < -0.3 is 15.7 Å². The third-order valence-electron chi connectivity index (χ3n) is 4.76. The maximum Gasteiger partial charge on any atom is 0.311 e. The standard InChI is InChI=1S/C16H20N2O3/c19-14(18-10-16(15(20)21)6-3-7-16)13-8-11-4-1-2-5-12(11)9-17-13/h1-2,4-5,13,17H,3,6-10H2,(H,18,19)(H,20,21). The van der Waals surface area contributed by atoms with Crippen LogP contribution in [0, 0.1) is 5.41 Å². The van der Waals surface area contributed by atoms with Crippen LogP contribution in [-0.4, -0.2) is 29.6 Å². The van der Waals surface area contributed by atoms with Crippen molar-refractivity contribution in [1.82, 2.24) is 10.6 Å². The predicted octanol–water partition coefficient (Wildman–Crippen LogP) is 1.07. The number of hydrogen-bond donors (Lipinski definition) is 3. The van der Waals surface area contributed by atoms with Crippen molar-refractivity contribution in [2.75, 3.05) is 6.54 Å². The van der Waals surface area contributed by atoms with E-state index in [-0.39, 0.29) is 18.5 Å². The molecule has 21 heavy (non-hydrogen) atoms. The second-order valence-electron chi connectivity index (χ2n) is 6.06. The molecule has 3 rings (SSSR count). The first-order valence-electron chi connectivity index (χ1n) is 7.42. The predicted molar refractivity (Wildman–Crippen MR) is 77.7 cm³/mol. The molecule has 0 radical (unpaired) electrons. The summed E-state index contributed by atoms with van der Waals surface area (Å²) in [7, 11) is 0. The molecule has 2 aliphatic rings. The zero-order chi connectivity index (χ0) is 14.9. The molecule has 3 N–H and O–H groups in total. The molecule has 0 aromatic heterocycles. The summed E-state index contributed by atoms with van der Waals surface area (Å²) in [5.74, 6) is -0.895. The Morgan fingerprint density at radius 1 is 1.29 bits per heavy atom. The van der Waals surface area contributed by atoms with E-state index in [0.29, 0.717) is 25.8 Å². The van der Waals surface area contributed by atoms with E-state index < -0.39 is 11.4 Å². The minimum Gasteiger partial charge on any atom is -0.481 e. The number of nitrogens with one attached hydrogen (secondary N) is 2. The van der Waals surface area contributed by atoms with Gasteiger partial charge in [0.2, 0.25) is 5.91 Å². The molecular weight excluding hydrogens is 268 g/mol. The molecule has 0 spiro atoms. The van der Waals surface area contributed by atoms with Crippen LogP contribution in [0.1, 0.15) is 30.4 Å². The molecule has 5 heteroatoms. The number of fused-ring (bicyclic) bond motifs is 1. The van der Waals surface area contributed by atoms with Gasteiger partial charge in [-0.15, -0.1) is 0 Å². The summed E-state index contributed by atoms with van der Waals surface area (Å²) >= 11 is 0. The van der Waals surface area contributed by atoms with E-state index in [1.54, 1.807) is 0 Å². The van der Waals surface area contributed by atoms with Crippen molar-refractivity contribution < 1.29 is 14.7 Å². The first kappa shape index (κ1) is 14.1. The number of hydrogen-bond acceptors (Lipinski definition) is 3. The van der Waals surface area contributed by atoms with Gasteiger partial charge in [-0.2, -0.15) is 0 Å². The Bertz CT molecular complexity index is 566. The van der Waals surface area contributed by atoms with Crippen molar-refractivity contribution in [2.45, 2.75) is 38.3 Å². The second-order valence-corrected chi connectivity index (χ2v) is 6.06. The van der Waals surface area contributed by atoms with Crippen LogP contribution in [0.5, 0.6) is 0 Å². The summed E-state index contributed by atoms with van der Waals surface area (Å²) in [6.45, 7) is 0.916. The molecule has 0 saturated heterocycles. The minimum absolute atomic E-state index is 0.1000. The van der Waals surface area contributed by atoms with Crippen molar-refractivity contribution in [3.63, 3.8) is 0 Å². The van der Waals surface area contributed by atoms with E-state index in [4.69, 9.17) is 0 Å². The van der Waals surface area contributed by atoms with Gasteiger partial charge in [0.05, 0.1) is 11.5 Å². The fourth-order valence-electron chi connectivity index (χ4n) is 3.09. The summed E-state index contributed by atoms with van der Waals surface area (Å²) in [4.78, 5) is 23.5. The smallest absolute Gasteiger partial charge is 0.311 e. The zero-order valence-corrected chi connectivity index (χ0v) is 11.9. The monoisotopic (exact) mass is 288 g/mol. The highest BCUT2D eigenvalue weighted by Gasteiger charge is 2.44. The molecule has 1 saturated carbocycles. The Morgan fingerprint density at radius 2 is 2.00 bits per heavy atom. The van der Waals surface area contributed by atoms with Crippen molar-refractivity contribution in [3.05, 3.63) is 35.4 Å². The summed E-state index contributed by atoms with van der Waals surface area (Å²) in [6.07, 6.45) is 2.90. The summed E-state index contributed by atoms with van der Waals surface area (Å²) in [5.41, 5.74) is 1.68. The first-order valence-corrected chi connectivity index (χ1v) is 7.42. The van der Waals surface area contributed by atoms with E-state index in [1.807, 2.05) is 18.2 Å². The summed E-state index contributed by atoms with van der Waals surface area (Å²) < 4.78 is 0. The van der Waals surface area contributed by atoms with Crippen LogP contribution in [0.3, 0.4) is 0 Å². The third-order valence-corrected chi connectivity index (χ3v) is 4.76. The van der Waals surface area contributed by atoms with Crippen molar-refractivity contribution >= 4 is 11.9 Å². The van der Waals surface area contributed by atoms with Gasteiger partial charge in [-0.1, -0.05) is 30.7 Å². The summed E-state index contributed by atoms with van der Waals surface area (Å²) in [5, 5.41) is 15.3. The lowest BCUT2D eigenvalue weighted by Crippen LogP contribution is -2.53. The Morgan fingerprint density at radius 3 is 2.62 bits per heavy atom. The number of carbonyl (C=O) groups is 2. The van der Waals surface area contributed by atoms with Crippen LogP contribution in [0.4, 0.5) is 0 Å². The molecule has 1 aliphatic heterocycles. The normalized spacial score (nSPS) is 22.8. The van der Waals surface area contributed by atoms with E-state index in [2.05, 4.69) is 16.7 Å². The Labute approximate surface area is 123 Å². The maximum absolute atomic E-state index is 12.3. The highest BCUT2D eigenvalue weighted by atomic mass is 16.4. The van der Waals surface area contributed by atoms with E-state index in [1.165, 1.54) is 11.1 Å². The Kier molecular flexibility index (Phi) is 3.68. The zero-order valence-electron chi connectivity index (χ0n) is 11.9. The number of amides is 1. The van der Waals surface area contributed by atoms with E-state index >= 15 is 0 Å². The molecule has 5 nitrogen and oxygen atoms in total. The highest BCUT2D eigenvalue weighted by molar-refractivity contribution is 5.84. The first-order chi connectivity index (χ1) is 10.1. The Balaban J connectivity index is 1.59. The molecular formula is C16H20N2O3. The average molecular weight is 288 g/mol. The molecule has 1 atom stereocenters. The number of carboxylic acids is 1. The molecule has 1 fully saturated rings. The van der Waals surface area contributed by atoms with Gasteiger partial charge >= 0.3 is 5.97 Å². The van der Waals surface area contributed by atoms with E-state index in [9.17, 15) is 14.7 Å². The largest absolute Gasteiger partial charge is 0.481 e. The van der Waals surface area contributed by atoms with Gasteiger partial charge in [0.1, 0.15) is 0 Å². The topological polar surface area (TPSA) is 78.4 Å². The van der Waals surface area contributed by atoms with Crippen LogP contribution < -0.4 is 10.6 Å². The third kappa shape index (κ3) is 2.65. The molecule has 1 aromatic carbocycles. The van der Waals surface area contributed by atoms with Gasteiger partial charge in [0.15, 0.2) is 0 Å². The summed E-state index contributed by atoms with van der Waals surface area (Å²) in [6, 6.07) is 7.80. The van der Waals surface area contributed by atoms with Crippen LogP contribution in [0.25, 0.3) is 0 Å². The van der Waals surface area contributed by atoms with Crippen LogP contribution in [0.15, 0.2) is 24.3 Å². The molecule has 1 unspecified atom stereocenters. The molecule has 1 heterocycles. The number of benzene rings is 1. The van der Waals surface area contributed by atoms with Crippen molar-refractivity contribution in [3.8, 4) is 0 Å². The van der Waals surface area contributed by atoms with Gasteiger partial charge in [-0.3, -0.25) is 9.59 Å². The maximum atomic E-state index is 12.3. The van der Waals surface area contributed by atoms with Gasteiger partial charge in [-0.25, -0.2) is 0 Å². The van der Waals surface area contributed by atoms with Crippen LogP contribution >= 0.6 is 0 Å². The second kappa shape index (κ2) is 5.48. The van der Waals surface area contributed by atoms with Gasteiger partial charge in [-0.05, 0) is 30.4 Å². The van der Waals surface area contributed by atoms with Gasteiger partial charge in [0, 0.05) is 13.1 Å². The number of aliphatic carboxylic acids is 1.